The van der Waals surface area contributed by atoms with Gasteiger partial charge >= 0.3 is 0 Å². The van der Waals surface area contributed by atoms with E-state index in [1.54, 1.807) is 0 Å². The molecule has 1 heterocycles. The molecule has 17 heavy (non-hydrogen) atoms. The second-order valence-electron chi connectivity index (χ2n) is 4.84. The van der Waals surface area contributed by atoms with Gasteiger partial charge in [0.25, 0.3) is 0 Å². The normalized spacial score (nSPS) is 24.9. The second-order valence-corrected chi connectivity index (χ2v) is 4.84. The van der Waals surface area contributed by atoms with Gasteiger partial charge in [-0.3, -0.25) is 0 Å². The zero-order chi connectivity index (χ0) is 12.1. The Hall–Kier alpha value is -1.06. The number of aliphatic hydroxyl groups excluding tert-OH is 1. The Labute approximate surface area is 103 Å². The van der Waals surface area contributed by atoms with Crippen molar-refractivity contribution in [1.82, 2.24) is 5.32 Å². The van der Waals surface area contributed by atoms with Gasteiger partial charge in [0.15, 0.2) is 0 Å². The predicted molar refractivity (Wildman–Crippen MR) is 71.3 cm³/mol. The molecule has 1 fully saturated rings. The Morgan fingerprint density at radius 1 is 1.29 bits per heavy atom. The van der Waals surface area contributed by atoms with Crippen LogP contribution in [0.5, 0.6) is 0 Å². The number of aliphatic hydroxyl groups is 1. The lowest BCUT2D eigenvalue weighted by Gasteiger charge is -2.39. The average Bonchev–Trinajstić information content (AvgIpc) is 2.40. The summed E-state index contributed by atoms with van der Waals surface area (Å²) in [5, 5.41) is 12.5. The van der Waals surface area contributed by atoms with Crippen LogP contribution in [-0.2, 0) is 0 Å². The Morgan fingerprint density at radius 2 is 2.06 bits per heavy atom. The molecule has 1 aromatic carbocycles. The quantitative estimate of drug-likeness (QED) is 0.828. The lowest BCUT2D eigenvalue weighted by molar-refractivity contribution is 0.232. The molecule has 2 atom stereocenters. The monoisotopic (exact) mass is 234 g/mol. The highest BCUT2D eigenvalue weighted by Gasteiger charge is 2.25. The van der Waals surface area contributed by atoms with E-state index in [1.807, 2.05) is 13.1 Å². The van der Waals surface area contributed by atoms with Gasteiger partial charge < -0.3 is 15.3 Å². The number of likely N-dealkylation sites (N-methyl/N-ethyl adjacent to an activating group) is 1. The third kappa shape index (κ3) is 3.20. The molecule has 1 aromatic rings. The van der Waals surface area contributed by atoms with E-state index in [1.165, 1.54) is 12.1 Å². The molecule has 94 valence electrons. The van der Waals surface area contributed by atoms with Crippen molar-refractivity contribution in [2.45, 2.75) is 18.9 Å². The fourth-order valence-corrected chi connectivity index (χ4v) is 2.65. The van der Waals surface area contributed by atoms with Crippen LogP contribution in [0, 0.1) is 5.92 Å². The third-order valence-electron chi connectivity index (χ3n) is 3.60. The van der Waals surface area contributed by atoms with E-state index in [0.717, 1.165) is 19.5 Å². The first-order valence-corrected chi connectivity index (χ1v) is 6.41. The highest BCUT2D eigenvalue weighted by atomic mass is 16.3. The largest absolute Gasteiger partial charge is 0.396 e. The van der Waals surface area contributed by atoms with Crippen LogP contribution in [0.3, 0.4) is 0 Å². The minimum atomic E-state index is 0.295. The third-order valence-corrected chi connectivity index (χ3v) is 3.60. The first-order valence-electron chi connectivity index (χ1n) is 6.41. The maximum atomic E-state index is 9.10. The lowest BCUT2D eigenvalue weighted by Crippen LogP contribution is -2.48. The fourth-order valence-electron chi connectivity index (χ4n) is 2.65. The van der Waals surface area contributed by atoms with Gasteiger partial charge in [-0.2, -0.15) is 0 Å². The first kappa shape index (κ1) is 12.4. The van der Waals surface area contributed by atoms with Crippen molar-refractivity contribution >= 4 is 5.69 Å². The zero-order valence-electron chi connectivity index (χ0n) is 10.5. The molecule has 0 saturated carbocycles. The molecule has 3 heteroatoms. The summed E-state index contributed by atoms with van der Waals surface area (Å²) < 4.78 is 0. The van der Waals surface area contributed by atoms with Crippen LogP contribution in [0.4, 0.5) is 5.69 Å². The molecule has 2 rings (SSSR count). The summed E-state index contributed by atoms with van der Waals surface area (Å²) >= 11 is 0. The molecule has 1 saturated heterocycles. The standard InChI is InChI=1S/C14H22N2O/c1-15-13-9-12(7-8-17)10-16(11-13)14-5-3-2-4-6-14/h2-6,12-13,15,17H,7-11H2,1H3. The summed E-state index contributed by atoms with van der Waals surface area (Å²) in [5.74, 6) is 0.589. The van der Waals surface area contributed by atoms with Gasteiger partial charge in [0.05, 0.1) is 0 Å². The van der Waals surface area contributed by atoms with E-state index in [4.69, 9.17) is 5.11 Å². The van der Waals surface area contributed by atoms with E-state index in [9.17, 15) is 0 Å². The van der Waals surface area contributed by atoms with Crippen molar-refractivity contribution in [3.63, 3.8) is 0 Å². The molecular formula is C14H22N2O. The second kappa shape index (κ2) is 6.03. The summed E-state index contributed by atoms with van der Waals surface area (Å²) in [6.07, 6.45) is 2.07. The van der Waals surface area contributed by atoms with Crippen LogP contribution in [-0.4, -0.2) is 37.9 Å². The fraction of sp³-hybridized carbons (Fsp3) is 0.571. The van der Waals surface area contributed by atoms with Crippen molar-refractivity contribution in [3.05, 3.63) is 30.3 Å². The van der Waals surface area contributed by atoms with E-state index in [2.05, 4.69) is 34.5 Å². The van der Waals surface area contributed by atoms with Crippen molar-refractivity contribution in [3.8, 4) is 0 Å². The van der Waals surface area contributed by atoms with Gasteiger partial charge in [0, 0.05) is 31.4 Å². The Bertz CT molecular complexity index is 328. The molecule has 2 N–H and O–H groups in total. The van der Waals surface area contributed by atoms with E-state index in [-0.39, 0.29) is 0 Å². The van der Waals surface area contributed by atoms with Crippen LogP contribution in [0.15, 0.2) is 30.3 Å². The van der Waals surface area contributed by atoms with Gasteiger partial charge in [-0.1, -0.05) is 18.2 Å². The lowest BCUT2D eigenvalue weighted by atomic mass is 9.91. The van der Waals surface area contributed by atoms with Gasteiger partial charge in [-0.15, -0.1) is 0 Å². The highest BCUT2D eigenvalue weighted by molar-refractivity contribution is 5.46. The van der Waals surface area contributed by atoms with Gasteiger partial charge in [-0.25, -0.2) is 0 Å². The van der Waals surface area contributed by atoms with Gasteiger partial charge in [0.2, 0.25) is 0 Å². The minimum Gasteiger partial charge on any atom is -0.396 e. The van der Waals surface area contributed by atoms with Crippen LogP contribution in [0.25, 0.3) is 0 Å². The van der Waals surface area contributed by atoms with Crippen molar-refractivity contribution in [1.29, 1.82) is 0 Å². The molecule has 3 nitrogen and oxygen atoms in total. The van der Waals surface area contributed by atoms with Crippen LogP contribution in [0.2, 0.25) is 0 Å². The molecule has 0 bridgehead atoms. The van der Waals surface area contributed by atoms with E-state index >= 15 is 0 Å². The molecule has 0 radical (unpaired) electrons. The smallest absolute Gasteiger partial charge is 0.0434 e. The number of piperidine rings is 1. The number of rotatable bonds is 4. The van der Waals surface area contributed by atoms with Crippen LogP contribution >= 0.6 is 0 Å². The zero-order valence-corrected chi connectivity index (χ0v) is 10.5. The highest BCUT2D eigenvalue weighted by Crippen LogP contribution is 2.24. The Morgan fingerprint density at radius 3 is 2.71 bits per heavy atom. The molecule has 0 spiro atoms. The van der Waals surface area contributed by atoms with Gasteiger partial charge in [-0.05, 0) is 37.9 Å². The van der Waals surface area contributed by atoms with Crippen molar-refractivity contribution < 1.29 is 5.11 Å². The minimum absolute atomic E-state index is 0.295. The first-order chi connectivity index (χ1) is 8.33. The number of hydrogen-bond donors (Lipinski definition) is 2. The SMILES string of the molecule is CNC1CC(CCO)CN(c2ccccc2)C1. The number of nitrogens with one attached hydrogen (secondary N) is 1. The summed E-state index contributed by atoms with van der Waals surface area (Å²) in [4.78, 5) is 2.42. The molecule has 1 aliphatic heterocycles. The summed E-state index contributed by atoms with van der Waals surface area (Å²) in [6, 6.07) is 11.1. The number of hydrogen-bond acceptors (Lipinski definition) is 3. The van der Waals surface area contributed by atoms with Crippen molar-refractivity contribution in [2.24, 2.45) is 5.92 Å². The molecule has 0 aromatic heterocycles. The molecule has 0 amide bonds. The summed E-state index contributed by atoms with van der Waals surface area (Å²) in [5.41, 5.74) is 1.29. The number of para-hydroxylation sites is 1. The molecule has 0 aliphatic carbocycles. The number of benzene rings is 1. The van der Waals surface area contributed by atoms with Gasteiger partial charge in [0.1, 0.15) is 0 Å². The maximum Gasteiger partial charge on any atom is 0.0434 e. The van der Waals surface area contributed by atoms with Crippen LogP contribution in [0.1, 0.15) is 12.8 Å². The topological polar surface area (TPSA) is 35.5 Å². The Kier molecular flexibility index (Phi) is 4.40. The summed E-state index contributed by atoms with van der Waals surface area (Å²) in [7, 11) is 2.02. The summed E-state index contributed by atoms with van der Waals surface area (Å²) in [6.45, 7) is 2.41. The maximum absolute atomic E-state index is 9.10. The number of nitrogens with zero attached hydrogens (tertiary/aromatic N) is 1. The van der Waals surface area contributed by atoms with E-state index < -0.39 is 0 Å². The molecule has 2 unspecified atom stereocenters. The van der Waals surface area contributed by atoms with Crippen molar-refractivity contribution in [2.75, 3.05) is 31.6 Å². The molecular weight excluding hydrogens is 212 g/mol. The molecule has 1 aliphatic rings. The number of anilines is 1. The Balaban J connectivity index is 2.06. The average molecular weight is 234 g/mol. The van der Waals surface area contributed by atoms with E-state index in [0.29, 0.717) is 18.6 Å². The predicted octanol–water partition coefficient (Wildman–Crippen LogP) is 1.48. The van der Waals surface area contributed by atoms with Crippen LogP contribution < -0.4 is 10.2 Å².